The molecular formula is C11H8F2N4O. The highest BCUT2D eigenvalue weighted by Crippen LogP contribution is 2.19. The zero-order valence-corrected chi connectivity index (χ0v) is 9.09. The van der Waals surface area contributed by atoms with Crippen molar-refractivity contribution in [3.8, 4) is 6.07 Å². The second-order valence-corrected chi connectivity index (χ2v) is 3.58. The van der Waals surface area contributed by atoms with Crippen LogP contribution in [0.15, 0.2) is 24.5 Å². The lowest BCUT2D eigenvalue weighted by Crippen LogP contribution is -2.11. The van der Waals surface area contributed by atoms with Crippen LogP contribution in [0.4, 0.5) is 8.78 Å². The maximum absolute atomic E-state index is 13.4. The molecule has 1 unspecified atom stereocenters. The van der Waals surface area contributed by atoms with E-state index in [4.69, 9.17) is 5.26 Å². The van der Waals surface area contributed by atoms with Crippen LogP contribution in [0.25, 0.3) is 0 Å². The highest BCUT2D eigenvalue weighted by molar-refractivity contribution is 5.21. The summed E-state index contributed by atoms with van der Waals surface area (Å²) in [6, 6.07) is 4.55. The van der Waals surface area contributed by atoms with Gasteiger partial charge in [-0.1, -0.05) is 0 Å². The van der Waals surface area contributed by atoms with Crippen molar-refractivity contribution in [2.24, 2.45) is 0 Å². The minimum absolute atomic E-state index is 0.0538. The second kappa shape index (κ2) is 4.89. The molecule has 0 spiro atoms. The lowest BCUT2D eigenvalue weighted by molar-refractivity contribution is 0.146. The van der Waals surface area contributed by atoms with Gasteiger partial charge in [0.2, 0.25) is 0 Å². The Kier molecular flexibility index (Phi) is 3.30. The normalized spacial score (nSPS) is 12.1. The van der Waals surface area contributed by atoms with Crippen molar-refractivity contribution in [3.05, 3.63) is 47.5 Å². The monoisotopic (exact) mass is 250 g/mol. The summed E-state index contributed by atoms with van der Waals surface area (Å²) in [5, 5.41) is 22.0. The van der Waals surface area contributed by atoms with Crippen LogP contribution in [0.3, 0.4) is 0 Å². The molecule has 2 rings (SSSR count). The van der Waals surface area contributed by atoms with E-state index >= 15 is 0 Å². The topological polar surface area (TPSA) is 74.7 Å². The number of aliphatic hydroxyl groups is 1. The summed E-state index contributed by atoms with van der Waals surface area (Å²) in [5.41, 5.74) is -0.163. The molecule has 1 aromatic heterocycles. The van der Waals surface area contributed by atoms with E-state index in [0.717, 1.165) is 18.2 Å². The fourth-order valence-electron chi connectivity index (χ4n) is 1.48. The Hall–Kier alpha value is -2.33. The number of nitriles is 1. The van der Waals surface area contributed by atoms with Gasteiger partial charge in [-0.2, -0.15) is 5.26 Å². The predicted molar refractivity (Wildman–Crippen MR) is 56.1 cm³/mol. The minimum Gasteiger partial charge on any atom is -0.386 e. The van der Waals surface area contributed by atoms with Crippen LogP contribution in [0.1, 0.15) is 17.5 Å². The first kappa shape index (κ1) is 12.1. The van der Waals surface area contributed by atoms with Crippen LogP contribution in [-0.4, -0.2) is 19.9 Å². The third-order valence-corrected chi connectivity index (χ3v) is 2.31. The first-order chi connectivity index (χ1) is 8.60. The number of aliphatic hydroxyl groups excluding tert-OH is 1. The number of nitrogens with zero attached hydrogens (tertiary/aromatic N) is 4. The molecule has 0 bridgehead atoms. The van der Waals surface area contributed by atoms with Crippen LogP contribution >= 0.6 is 0 Å². The van der Waals surface area contributed by atoms with E-state index in [1.807, 2.05) is 0 Å². The van der Waals surface area contributed by atoms with Gasteiger partial charge < -0.3 is 5.11 Å². The van der Waals surface area contributed by atoms with E-state index in [1.165, 1.54) is 11.0 Å². The SMILES string of the molecule is N#Cc1ncn(CC(O)c2cc(F)ccc2F)n1. The molecule has 0 saturated carbocycles. The van der Waals surface area contributed by atoms with Crippen LogP contribution in [0, 0.1) is 23.0 Å². The summed E-state index contributed by atoms with van der Waals surface area (Å²) in [4.78, 5) is 3.63. The van der Waals surface area contributed by atoms with Gasteiger partial charge in [0.05, 0.1) is 6.54 Å². The molecule has 0 amide bonds. The molecule has 0 saturated heterocycles. The Morgan fingerprint density at radius 3 is 2.89 bits per heavy atom. The molecule has 7 heteroatoms. The van der Waals surface area contributed by atoms with Gasteiger partial charge in [-0.15, -0.1) is 5.10 Å². The molecular weight excluding hydrogens is 242 g/mol. The molecule has 0 aliphatic carbocycles. The first-order valence-electron chi connectivity index (χ1n) is 5.02. The Bertz CT molecular complexity index is 605. The van der Waals surface area contributed by atoms with Crippen LogP contribution in [0.2, 0.25) is 0 Å². The van der Waals surface area contributed by atoms with Crippen LogP contribution in [-0.2, 0) is 6.54 Å². The first-order valence-corrected chi connectivity index (χ1v) is 5.02. The van der Waals surface area contributed by atoms with Crippen LogP contribution < -0.4 is 0 Å². The molecule has 0 aliphatic heterocycles. The zero-order valence-electron chi connectivity index (χ0n) is 9.09. The second-order valence-electron chi connectivity index (χ2n) is 3.58. The summed E-state index contributed by atoms with van der Waals surface area (Å²) >= 11 is 0. The molecule has 92 valence electrons. The van der Waals surface area contributed by atoms with Crippen molar-refractivity contribution in [2.75, 3.05) is 0 Å². The van der Waals surface area contributed by atoms with Gasteiger partial charge in [0.15, 0.2) is 0 Å². The Balaban J connectivity index is 2.19. The van der Waals surface area contributed by atoms with Crippen LogP contribution in [0.5, 0.6) is 0 Å². The Morgan fingerprint density at radius 2 is 2.22 bits per heavy atom. The number of hydrogen-bond donors (Lipinski definition) is 1. The number of hydrogen-bond acceptors (Lipinski definition) is 4. The molecule has 1 heterocycles. The predicted octanol–water partition coefficient (Wildman–Crippen LogP) is 1.16. The van der Waals surface area contributed by atoms with Gasteiger partial charge in [0.25, 0.3) is 5.82 Å². The Labute approximate surface area is 101 Å². The average Bonchev–Trinajstić information content (AvgIpc) is 2.80. The average molecular weight is 250 g/mol. The standard InChI is InChI=1S/C11H8F2N4O/c12-7-1-2-9(13)8(3-7)10(18)5-17-6-15-11(4-14)16-17/h1-3,6,10,18H,5H2. The molecule has 0 aliphatic rings. The molecule has 1 N–H and O–H groups in total. The van der Waals surface area contributed by atoms with E-state index in [2.05, 4.69) is 10.1 Å². The molecule has 18 heavy (non-hydrogen) atoms. The van der Waals surface area contributed by atoms with E-state index in [1.54, 1.807) is 6.07 Å². The highest BCUT2D eigenvalue weighted by Gasteiger charge is 2.15. The largest absolute Gasteiger partial charge is 0.386 e. The van der Waals surface area contributed by atoms with Gasteiger partial charge >= 0.3 is 0 Å². The molecule has 1 atom stereocenters. The fraction of sp³-hybridized carbons (Fsp3) is 0.182. The number of benzene rings is 1. The van der Waals surface area contributed by atoms with Crippen molar-refractivity contribution in [1.29, 1.82) is 5.26 Å². The molecule has 0 fully saturated rings. The molecule has 0 radical (unpaired) electrons. The summed E-state index contributed by atoms with van der Waals surface area (Å²) in [7, 11) is 0. The quantitative estimate of drug-likeness (QED) is 0.887. The minimum atomic E-state index is -1.27. The van der Waals surface area contributed by atoms with Gasteiger partial charge in [0.1, 0.15) is 30.1 Å². The molecule has 5 nitrogen and oxygen atoms in total. The van der Waals surface area contributed by atoms with Crippen molar-refractivity contribution < 1.29 is 13.9 Å². The zero-order chi connectivity index (χ0) is 13.1. The van der Waals surface area contributed by atoms with Gasteiger partial charge in [-0.25, -0.2) is 18.4 Å². The molecule has 2 aromatic rings. The molecule has 1 aromatic carbocycles. The van der Waals surface area contributed by atoms with E-state index in [0.29, 0.717) is 0 Å². The fourth-order valence-corrected chi connectivity index (χ4v) is 1.48. The summed E-state index contributed by atoms with van der Waals surface area (Å²) < 4.78 is 27.5. The summed E-state index contributed by atoms with van der Waals surface area (Å²) in [6.45, 7) is -0.116. The number of rotatable bonds is 3. The third-order valence-electron chi connectivity index (χ3n) is 2.31. The van der Waals surface area contributed by atoms with Crippen molar-refractivity contribution in [2.45, 2.75) is 12.6 Å². The summed E-state index contributed by atoms with van der Waals surface area (Å²) in [5.74, 6) is -1.40. The van der Waals surface area contributed by atoms with Gasteiger partial charge in [0, 0.05) is 5.56 Å². The Morgan fingerprint density at radius 1 is 1.44 bits per heavy atom. The highest BCUT2D eigenvalue weighted by atomic mass is 19.1. The maximum atomic E-state index is 13.4. The van der Waals surface area contributed by atoms with Gasteiger partial charge in [-0.05, 0) is 18.2 Å². The van der Waals surface area contributed by atoms with E-state index < -0.39 is 17.7 Å². The maximum Gasteiger partial charge on any atom is 0.252 e. The van der Waals surface area contributed by atoms with E-state index in [-0.39, 0.29) is 17.9 Å². The number of aromatic nitrogens is 3. The lowest BCUT2D eigenvalue weighted by Gasteiger charge is -2.11. The third kappa shape index (κ3) is 2.49. The smallest absolute Gasteiger partial charge is 0.252 e. The lowest BCUT2D eigenvalue weighted by atomic mass is 10.1. The van der Waals surface area contributed by atoms with Crippen molar-refractivity contribution in [3.63, 3.8) is 0 Å². The van der Waals surface area contributed by atoms with Crippen molar-refractivity contribution >= 4 is 0 Å². The van der Waals surface area contributed by atoms with E-state index in [9.17, 15) is 13.9 Å². The van der Waals surface area contributed by atoms with Gasteiger partial charge in [-0.3, -0.25) is 0 Å². The van der Waals surface area contributed by atoms with Crippen molar-refractivity contribution in [1.82, 2.24) is 14.8 Å². The number of halogens is 2. The summed E-state index contributed by atoms with van der Waals surface area (Å²) in [6.07, 6.45) is -0.0344.